The van der Waals surface area contributed by atoms with Crippen molar-refractivity contribution in [2.24, 2.45) is 0 Å². The summed E-state index contributed by atoms with van der Waals surface area (Å²) in [7, 11) is 0. The van der Waals surface area contributed by atoms with Gasteiger partial charge in [-0.25, -0.2) is 9.97 Å². The molecule has 2 heterocycles. The van der Waals surface area contributed by atoms with Crippen molar-refractivity contribution in [3.8, 4) is 17.2 Å². The molecule has 2 aromatic heterocycles. The van der Waals surface area contributed by atoms with Crippen LogP contribution in [0.3, 0.4) is 0 Å². The van der Waals surface area contributed by atoms with Crippen LogP contribution >= 0.6 is 11.8 Å². The zero-order chi connectivity index (χ0) is 17.1. The molecule has 0 unspecified atom stereocenters. The molecule has 0 amide bonds. The second-order valence-corrected chi connectivity index (χ2v) is 6.42. The lowest BCUT2D eigenvalue weighted by Gasteiger charge is -2.00. The molecule has 1 N–H and O–H groups in total. The van der Waals surface area contributed by atoms with Crippen molar-refractivity contribution in [1.82, 2.24) is 15.0 Å². The minimum Gasteiger partial charge on any atom is -0.494 e. The number of oxazole rings is 1. The predicted octanol–water partition coefficient (Wildman–Crippen LogP) is 4.91. The largest absolute Gasteiger partial charge is 0.494 e. The zero-order valence-corrected chi connectivity index (χ0v) is 14.5. The first-order chi connectivity index (χ1) is 12.3. The summed E-state index contributed by atoms with van der Waals surface area (Å²) in [4.78, 5) is 12.4. The summed E-state index contributed by atoms with van der Waals surface area (Å²) in [6.07, 6.45) is 1.70. The maximum Gasteiger partial charge on any atom is 0.226 e. The molecule has 0 fully saturated rings. The van der Waals surface area contributed by atoms with Gasteiger partial charge in [0.25, 0.3) is 0 Å². The Kier molecular flexibility index (Phi) is 4.43. The lowest BCUT2D eigenvalue weighted by Crippen LogP contribution is -1.90. The minimum absolute atomic E-state index is 0.641. The molecule has 4 aromatic rings. The smallest absolute Gasteiger partial charge is 0.226 e. The molecule has 2 aromatic carbocycles. The SMILES string of the molecule is CCOc1ccc2nc(SCc3coc(-c4ccccc4)n3)[nH]c2c1. The average molecular weight is 351 g/mol. The lowest BCUT2D eigenvalue weighted by molar-refractivity contribution is 0.340. The van der Waals surface area contributed by atoms with E-state index in [-0.39, 0.29) is 0 Å². The Bertz CT molecular complexity index is 979. The molecule has 0 spiro atoms. The highest BCUT2D eigenvalue weighted by atomic mass is 32.2. The van der Waals surface area contributed by atoms with Crippen molar-refractivity contribution in [3.63, 3.8) is 0 Å². The first-order valence-corrected chi connectivity index (χ1v) is 9.05. The van der Waals surface area contributed by atoms with Gasteiger partial charge in [0.2, 0.25) is 5.89 Å². The highest BCUT2D eigenvalue weighted by Crippen LogP contribution is 2.26. The van der Waals surface area contributed by atoms with Gasteiger partial charge in [0.1, 0.15) is 12.0 Å². The molecule has 5 nitrogen and oxygen atoms in total. The molecular weight excluding hydrogens is 334 g/mol. The number of ether oxygens (including phenoxy) is 1. The van der Waals surface area contributed by atoms with Gasteiger partial charge in [0.05, 0.1) is 23.3 Å². The molecule has 4 rings (SSSR count). The van der Waals surface area contributed by atoms with Crippen molar-refractivity contribution in [2.45, 2.75) is 17.8 Å². The van der Waals surface area contributed by atoms with Crippen molar-refractivity contribution >= 4 is 22.8 Å². The van der Waals surface area contributed by atoms with E-state index in [0.717, 1.165) is 33.2 Å². The van der Waals surface area contributed by atoms with Gasteiger partial charge in [0.15, 0.2) is 5.16 Å². The number of thioether (sulfide) groups is 1. The second kappa shape index (κ2) is 7.03. The molecule has 6 heteroatoms. The lowest BCUT2D eigenvalue weighted by atomic mass is 10.2. The molecule has 0 atom stereocenters. The van der Waals surface area contributed by atoms with E-state index in [2.05, 4.69) is 15.0 Å². The third kappa shape index (κ3) is 3.53. The summed E-state index contributed by atoms with van der Waals surface area (Å²) in [6, 6.07) is 15.8. The topological polar surface area (TPSA) is 63.9 Å². The number of nitrogens with zero attached hydrogens (tertiary/aromatic N) is 2. The number of aromatic nitrogens is 3. The summed E-state index contributed by atoms with van der Waals surface area (Å²) in [5, 5.41) is 0.855. The molecular formula is C19H17N3O2S. The number of benzene rings is 2. The van der Waals surface area contributed by atoms with Crippen LogP contribution < -0.4 is 4.74 Å². The molecule has 0 saturated carbocycles. The third-order valence-electron chi connectivity index (χ3n) is 3.67. The van der Waals surface area contributed by atoms with Crippen LogP contribution in [0, 0.1) is 0 Å². The Morgan fingerprint density at radius 2 is 2.00 bits per heavy atom. The highest BCUT2D eigenvalue weighted by molar-refractivity contribution is 7.98. The maximum atomic E-state index is 5.57. The van der Waals surface area contributed by atoms with Crippen LogP contribution in [0.1, 0.15) is 12.6 Å². The quantitative estimate of drug-likeness (QED) is 0.500. The number of aromatic amines is 1. The Balaban J connectivity index is 1.46. The van der Waals surface area contributed by atoms with E-state index >= 15 is 0 Å². The van der Waals surface area contributed by atoms with Crippen LogP contribution in [0.25, 0.3) is 22.5 Å². The van der Waals surface area contributed by atoms with E-state index in [4.69, 9.17) is 9.15 Å². The Labute approximate surface area is 149 Å². The van der Waals surface area contributed by atoms with E-state index in [1.54, 1.807) is 18.0 Å². The fourth-order valence-electron chi connectivity index (χ4n) is 2.52. The van der Waals surface area contributed by atoms with Gasteiger partial charge < -0.3 is 14.1 Å². The number of fused-ring (bicyclic) bond motifs is 1. The van der Waals surface area contributed by atoms with Gasteiger partial charge in [-0.1, -0.05) is 30.0 Å². The number of nitrogens with one attached hydrogen (secondary N) is 1. The summed E-state index contributed by atoms with van der Waals surface area (Å²) in [5.41, 5.74) is 3.76. The summed E-state index contributed by atoms with van der Waals surface area (Å²) < 4.78 is 11.1. The normalized spacial score (nSPS) is 11.1. The number of rotatable bonds is 6. The van der Waals surface area contributed by atoms with Gasteiger partial charge in [-0.2, -0.15) is 0 Å². The molecule has 0 radical (unpaired) electrons. The van der Waals surface area contributed by atoms with Gasteiger partial charge in [-0.15, -0.1) is 0 Å². The van der Waals surface area contributed by atoms with E-state index in [0.29, 0.717) is 18.3 Å². The van der Waals surface area contributed by atoms with Crippen LogP contribution in [-0.4, -0.2) is 21.6 Å². The van der Waals surface area contributed by atoms with Crippen molar-refractivity contribution in [2.75, 3.05) is 6.61 Å². The number of hydrogen-bond acceptors (Lipinski definition) is 5. The van der Waals surface area contributed by atoms with Gasteiger partial charge in [-0.3, -0.25) is 0 Å². The fourth-order valence-corrected chi connectivity index (χ4v) is 3.28. The molecule has 0 bridgehead atoms. The van der Waals surface area contributed by atoms with Crippen LogP contribution in [0.2, 0.25) is 0 Å². The van der Waals surface area contributed by atoms with Crippen LogP contribution in [-0.2, 0) is 5.75 Å². The number of H-pyrrole nitrogens is 1. The Hall–Kier alpha value is -2.73. The summed E-state index contributed by atoms with van der Waals surface area (Å²) in [5.74, 6) is 2.18. The maximum absolute atomic E-state index is 5.57. The first kappa shape index (κ1) is 15.8. The van der Waals surface area contributed by atoms with E-state index in [1.807, 2.05) is 55.5 Å². The number of hydrogen-bond donors (Lipinski definition) is 1. The van der Waals surface area contributed by atoms with Crippen molar-refractivity contribution in [1.29, 1.82) is 0 Å². The van der Waals surface area contributed by atoms with E-state index in [9.17, 15) is 0 Å². The second-order valence-electron chi connectivity index (χ2n) is 5.45. The Morgan fingerprint density at radius 1 is 1.12 bits per heavy atom. The zero-order valence-electron chi connectivity index (χ0n) is 13.7. The molecule has 0 aliphatic rings. The van der Waals surface area contributed by atoms with Crippen molar-refractivity contribution in [3.05, 3.63) is 60.5 Å². The average Bonchev–Trinajstić information content (AvgIpc) is 3.27. The van der Waals surface area contributed by atoms with Crippen LogP contribution in [0.15, 0.2) is 64.4 Å². The Morgan fingerprint density at radius 3 is 2.84 bits per heavy atom. The number of imidazole rings is 1. The molecule has 0 saturated heterocycles. The highest BCUT2D eigenvalue weighted by Gasteiger charge is 2.09. The fraction of sp³-hybridized carbons (Fsp3) is 0.158. The van der Waals surface area contributed by atoms with Gasteiger partial charge >= 0.3 is 0 Å². The molecule has 0 aliphatic heterocycles. The van der Waals surface area contributed by atoms with E-state index in [1.165, 1.54) is 0 Å². The summed E-state index contributed by atoms with van der Waals surface area (Å²) in [6.45, 7) is 2.62. The standard InChI is InChI=1S/C19H17N3O2S/c1-2-23-15-8-9-16-17(10-15)22-19(21-16)25-12-14-11-24-18(20-14)13-6-4-3-5-7-13/h3-11H,2,12H2,1H3,(H,21,22). The van der Waals surface area contributed by atoms with Crippen LogP contribution in [0.5, 0.6) is 5.75 Å². The van der Waals surface area contributed by atoms with Gasteiger partial charge in [-0.05, 0) is 31.2 Å². The molecule has 126 valence electrons. The summed E-state index contributed by atoms with van der Waals surface area (Å²) >= 11 is 1.60. The minimum atomic E-state index is 0.641. The predicted molar refractivity (Wildman–Crippen MR) is 98.8 cm³/mol. The molecule has 0 aliphatic carbocycles. The third-order valence-corrected chi connectivity index (χ3v) is 4.58. The van der Waals surface area contributed by atoms with Gasteiger partial charge in [0, 0.05) is 17.4 Å². The van der Waals surface area contributed by atoms with Crippen LogP contribution in [0.4, 0.5) is 0 Å². The monoisotopic (exact) mass is 351 g/mol. The first-order valence-electron chi connectivity index (χ1n) is 8.07. The van der Waals surface area contributed by atoms with Crippen molar-refractivity contribution < 1.29 is 9.15 Å². The molecule has 25 heavy (non-hydrogen) atoms. The van der Waals surface area contributed by atoms with E-state index < -0.39 is 0 Å².